The molecule has 0 unspecified atom stereocenters. The quantitative estimate of drug-likeness (QED) is 0.0942. The van der Waals surface area contributed by atoms with Crippen LogP contribution in [0.5, 0.6) is 0 Å². The Morgan fingerprint density at radius 3 is 1.41 bits per heavy atom. The first kappa shape index (κ1) is 27.0. The van der Waals surface area contributed by atoms with Gasteiger partial charge in [-0.1, -0.05) is 126 Å². The van der Waals surface area contributed by atoms with Crippen molar-refractivity contribution in [3.05, 3.63) is 0 Å². The van der Waals surface area contributed by atoms with E-state index in [9.17, 15) is 4.79 Å². The van der Waals surface area contributed by atoms with Gasteiger partial charge in [0.2, 0.25) is 0 Å². The van der Waals surface area contributed by atoms with Crippen LogP contribution in [0.2, 0.25) is 0 Å². The molecule has 0 aromatic rings. The molecular formula is C24H47BrO2. The lowest BCUT2D eigenvalue weighted by Crippen LogP contribution is -2.05. The Kier molecular flexibility index (Phi) is 23.9. The molecule has 27 heavy (non-hydrogen) atoms. The Labute approximate surface area is 178 Å². The summed E-state index contributed by atoms with van der Waals surface area (Å²) in [6, 6.07) is 0. The highest BCUT2D eigenvalue weighted by Crippen LogP contribution is 2.14. The molecule has 0 radical (unpaired) electrons. The summed E-state index contributed by atoms with van der Waals surface area (Å²) in [6.07, 6.45) is 26.0. The van der Waals surface area contributed by atoms with Gasteiger partial charge in [-0.3, -0.25) is 4.79 Å². The van der Waals surface area contributed by atoms with Gasteiger partial charge in [0.15, 0.2) is 0 Å². The second-order valence-corrected chi connectivity index (χ2v) is 8.82. The van der Waals surface area contributed by atoms with Gasteiger partial charge in [-0.05, 0) is 19.3 Å². The summed E-state index contributed by atoms with van der Waals surface area (Å²) in [4.78, 5) is 11.5. The molecule has 0 aliphatic carbocycles. The zero-order chi connectivity index (χ0) is 19.8. The summed E-state index contributed by atoms with van der Waals surface area (Å²) in [6.45, 7) is 2.90. The highest BCUT2D eigenvalue weighted by molar-refractivity contribution is 9.09. The molecule has 0 spiro atoms. The fourth-order valence-electron chi connectivity index (χ4n) is 3.45. The molecule has 2 nitrogen and oxygen atoms in total. The summed E-state index contributed by atoms with van der Waals surface area (Å²) < 4.78 is 5.26. The number of carbonyl (C=O) groups is 1. The minimum absolute atomic E-state index is 0.0209. The molecule has 0 amide bonds. The molecule has 0 saturated carbocycles. The van der Waals surface area contributed by atoms with Crippen LogP contribution < -0.4 is 0 Å². The van der Waals surface area contributed by atoms with E-state index in [2.05, 4.69) is 22.9 Å². The Balaban J connectivity index is 3.06. The molecule has 0 aromatic carbocycles. The lowest BCUT2D eigenvalue weighted by atomic mass is 10.0. The van der Waals surface area contributed by atoms with E-state index in [-0.39, 0.29) is 5.97 Å². The lowest BCUT2D eigenvalue weighted by molar-refractivity contribution is -0.143. The third-order valence-corrected chi connectivity index (χ3v) is 5.84. The van der Waals surface area contributed by atoms with Gasteiger partial charge < -0.3 is 4.74 Å². The van der Waals surface area contributed by atoms with E-state index in [4.69, 9.17) is 4.74 Å². The molecule has 0 N–H and O–H groups in total. The standard InChI is InChI=1S/C24H47BrO2/c1-2-3-4-5-6-7-8-9-10-11-12-13-14-15-16-17-20-23-27-24(26)21-18-19-22-25/h2-23H2,1H3. The van der Waals surface area contributed by atoms with Gasteiger partial charge in [0.05, 0.1) is 6.61 Å². The third-order valence-electron chi connectivity index (χ3n) is 5.28. The van der Waals surface area contributed by atoms with Crippen molar-refractivity contribution in [1.82, 2.24) is 0 Å². The first-order valence-electron chi connectivity index (χ1n) is 12.0. The summed E-state index contributed by atoms with van der Waals surface area (Å²) >= 11 is 3.38. The lowest BCUT2D eigenvalue weighted by Gasteiger charge is -2.05. The SMILES string of the molecule is CCCCCCCCCCCCCCCCCCCOC(=O)CCCCBr. The monoisotopic (exact) mass is 446 g/mol. The molecular weight excluding hydrogens is 400 g/mol. The minimum Gasteiger partial charge on any atom is -0.466 e. The maximum Gasteiger partial charge on any atom is 0.305 e. The van der Waals surface area contributed by atoms with Crippen molar-refractivity contribution in [2.24, 2.45) is 0 Å². The van der Waals surface area contributed by atoms with Gasteiger partial charge in [0.25, 0.3) is 0 Å². The molecule has 0 heterocycles. The van der Waals surface area contributed by atoms with Crippen LogP contribution in [0.25, 0.3) is 0 Å². The van der Waals surface area contributed by atoms with Crippen LogP contribution >= 0.6 is 15.9 Å². The van der Waals surface area contributed by atoms with Crippen molar-refractivity contribution in [3.8, 4) is 0 Å². The topological polar surface area (TPSA) is 26.3 Å². The molecule has 0 aliphatic rings. The molecule has 0 fully saturated rings. The molecule has 0 aromatic heterocycles. The maximum atomic E-state index is 11.5. The Bertz CT molecular complexity index is 294. The third kappa shape index (κ3) is 23.9. The van der Waals surface area contributed by atoms with Crippen molar-refractivity contribution in [1.29, 1.82) is 0 Å². The van der Waals surface area contributed by atoms with Crippen molar-refractivity contribution in [2.75, 3.05) is 11.9 Å². The zero-order valence-electron chi connectivity index (χ0n) is 18.3. The van der Waals surface area contributed by atoms with Gasteiger partial charge in [-0.15, -0.1) is 0 Å². The van der Waals surface area contributed by atoms with Crippen molar-refractivity contribution in [2.45, 2.75) is 135 Å². The first-order chi connectivity index (χ1) is 13.3. The van der Waals surface area contributed by atoms with Crippen LogP contribution in [0.1, 0.15) is 135 Å². The Morgan fingerprint density at radius 2 is 1.00 bits per heavy atom. The first-order valence-corrected chi connectivity index (χ1v) is 13.1. The summed E-state index contributed by atoms with van der Waals surface area (Å²) in [5.74, 6) is -0.0209. The molecule has 0 bridgehead atoms. The van der Waals surface area contributed by atoms with Crippen molar-refractivity contribution >= 4 is 21.9 Å². The van der Waals surface area contributed by atoms with E-state index in [0.717, 1.165) is 24.6 Å². The van der Waals surface area contributed by atoms with E-state index in [1.807, 2.05) is 0 Å². The number of esters is 1. The predicted molar refractivity (Wildman–Crippen MR) is 123 cm³/mol. The van der Waals surface area contributed by atoms with Gasteiger partial charge in [0, 0.05) is 11.8 Å². The van der Waals surface area contributed by atoms with E-state index >= 15 is 0 Å². The summed E-state index contributed by atoms with van der Waals surface area (Å²) in [5.41, 5.74) is 0. The zero-order valence-corrected chi connectivity index (χ0v) is 19.8. The number of halogens is 1. The molecule has 0 aliphatic heterocycles. The number of ether oxygens (including phenoxy) is 1. The van der Waals surface area contributed by atoms with Gasteiger partial charge in [0.1, 0.15) is 0 Å². The predicted octanol–water partition coefficient (Wildman–Crippen LogP) is 8.75. The fourth-order valence-corrected chi connectivity index (χ4v) is 3.85. The fraction of sp³-hybridized carbons (Fsp3) is 0.958. The Hall–Kier alpha value is -0.0500. The molecule has 0 atom stereocenters. The number of hydrogen-bond donors (Lipinski definition) is 0. The second-order valence-electron chi connectivity index (χ2n) is 8.02. The summed E-state index contributed by atoms with van der Waals surface area (Å²) in [7, 11) is 0. The van der Waals surface area contributed by atoms with Crippen molar-refractivity contribution < 1.29 is 9.53 Å². The van der Waals surface area contributed by atoms with Crippen LogP contribution in [0.15, 0.2) is 0 Å². The largest absolute Gasteiger partial charge is 0.466 e. The van der Waals surface area contributed by atoms with Crippen LogP contribution in [-0.2, 0) is 9.53 Å². The Morgan fingerprint density at radius 1 is 0.593 bits per heavy atom. The van der Waals surface area contributed by atoms with Gasteiger partial charge >= 0.3 is 5.97 Å². The second kappa shape index (κ2) is 24.0. The van der Waals surface area contributed by atoms with Crippen LogP contribution in [0.4, 0.5) is 0 Å². The normalized spacial score (nSPS) is 11.0. The van der Waals surface area contributed by atoms with Crippen molar-refractivity contribution in [3.63, 3.8) is 0 Å². The average molecular weight is 448 g/mol. The van der Waals surface area contributed by atoms with Gasteiger partial charge in [-0.25, -0.2) is 0 Å². The minimum atomic E-state index is -0.0209. The number of alkyl halides is 1. The molecule has 0 saturated heterocycles. The maximum absolute atomic E-state index is 11.5. The molecule has 3 heteroatoms. The van der Waals surface area contributed by atoms with Crippen LogP contribution in [-0.4, -0.2) is 17.9 Å². The number of unbranched alkanes of at least 4 members (excludes halogenated alkanes) is 17. The molecule has 162 valence electrons. The average Bonchev–Trinajstić information content (AvgIpc) is 2.67. The van der Waals surface area contributed by atoms with Gasteiger partial charge in [-0.2, -0.15) is 0 Å². The van der Waals surface area contributed by atoms with E-state index in [1.54, 1.807) is 0 Å². The highest BCUT2D eigenvalue weighted by Gasteiger charge is 2.01. The highest BCUT2D eigenvalue weighted by atomic mass is 79.9. The number of carbonyl (C=O) groups excluding carboxylic acids is 1. The van der Waals surface area contributed by atoms with E-state index in [1.165, 1.54) is 103 Å². The number of rotatable bonds is 22. The van der Waals surface area contributed by atoms with E-state index < -0.39 is 0 Å². The number of hydrogen-bond acceptors (Lipinski definition) is 2. The molecule has 0 rings (SSSR count). The van der Waals surface area contributed by atoms with E-state index in [0.29, 0.717) is 13.0 Å². The smallest absolute Gasteiger partial charge is 0.305 e. The van der Waals surface area contributed by atoms with Crippen LogP contribution in [0, 0.1) is 0 Å². The summed E-state index contributed by atoms with van der Waals surface area (Å²) in [5, 5.41) is 0.972. The van der Waals surface area contributed by atoms with Crippen LogP contribution in [0.3, 0.4) is 0 Å².